The molecule has 0 aromatic carbocycles. The topological polar surface area (TPSA) is 70.7 Å². The molecule has 1 fully saturated rings. The standard InChI is InChI=1S/C16H31N3O3.ClH/c1-4-19(5-2)15(21)7-6-14(20)18-12-16(13-22-3)8-10-17-11-9-16;/h17H,4-13H2,1-3H3,(H,18,20);1H. The van der Waals surface area contributed by atoms with Gasteiger partial charge in [-0.3, -0.25) is 9.59 Å². The Kier molecular flexibility index (Phi) is 11.2. The molecule has 2 amide bonds. The molecule has 6 nitrogen and oxygen atoms in total. The first-order valence-corrected chi connectivity index (χ1v) is 8.31. The van der Waals surface area contributed by atoms with Crippen LogP contribution in [0.1, 0.15) is 39.5 Å². The summed E-state index contributed by atoms with van der Waals surface area (Å²) in [4.78, 5) is 25.7. The lowest BCUT2D eigenvalue weighted by atomic mass is 9.79. The molecule has 0 unspecified atom stereocenters. The van der Waals surface area contributed by atoms with Gasteiger partial charge in [-0.2, -0.15) is 0 Å². The van der Waals surface area contributed by atoms with Gasteiger partial charge in [-0.25, -0.2) is 0 Å². The number of methoxy groups -OCH3 is 1. The lowest BCUT2D eigenvalue weighted by Crippen LogP contribution is -2.47. The van der Waals surface area contributed by atoms with Crippen molar-refractivity contribution < 1.29 is 14.3 Å². The Hall–Kier alpha value is -0.850. The quantitative estimate of drug-likeness (QED) is 0.656. The van der Waals surface area contributed by atoms with E-state index >= 15 is 0 Å². The summed E-state index contributed by atoms with van der Waals surface area (Å²) >= 11 is 0. The van der Waals surface area contributed by atoms with Gasteiger partial charge in [-0.15, -0.1) is 12.4 Å². The van der Waals surface area contributed by atoms with Gasteiger partial charge in [0.25, 0.3) is 0 Å². The number of nitrogens with one attached hydrogen (secondary N) is 2. The van der Waals surface area contributed by atoms with Crippen molar-refractivity contribution in [2.45, 2.75) is 39.5 Å². The van der Waals surface area contributed by atoms with Crippen LogP contribution in [0.4, 0.5) is 0 Å². The minimum atomic E-state index is -0.0467. The molecule has 136 valence electrons. The van der Waals surface area contributed by atoms with Gasteiger partial charge in [0, 0.05) is 45.0 Å². The van der Waals surface area contributed by atoms with Crippen molar-refractivity contribution in [3.05, 3.63) is 0 Å². The molecule has 0 saturated carbocycles. The van der Waals surface area contributed by atoms with Crippen molar-refractivity contribution in [3.63, 3.8) is 0 Å². The summed E-state index contributed by atoms with van der Waals surface area (Å²) in [5, 5.41) is 6.32. The van der Waals surface area contributed by atoms with Crippen molar-refractivity contribution in [2.75, 3.05) is 46.4 Å². The van der Waals surface area contributed by atoms with Crippen LogP contribution >= 0.6 is 12.4 Å². The van der Waals surface area contributed by atoms with E-state index in [1.54, 1.807) is 12.0 Å². The summed E-state index contributed by atoms with van der Waals surface area (Å²) in [6.07, 6.45) is 2.54. The SMILES string of the molecule is CCN(CC)C(=O)CCC(=O)NCC1(COC)CCNCC1.Cl. The molecule has 0 radical (unpaired) electrons. The number of nitrogens with zero attached hydrogens (tertiary/aromatic N) is 1. The van der Waals surface area contributed by atoms with Gasteiger partial charge >= 0.3 is 0 Å². The van der Waals surface area contributed by atoms with E-state index in [2.05, 4.69) is 10.6 Å². The molecule has 23 heavy (non-hydrogen) atoms. The summed E-state index contributed by atoms with van der Waals surface area (Å²) in [6, 6.07) is 0. The maximum atomic E-state index is 12.0. The highest BCUT2D eigenvalue weighted by Gasteiger charge is 2.32. The number of carbonyl (C=O) groups is 2. The third-order valence-electron chi connectivity index (χ3n) is 4.46. The van der Waals surface area contributed by atoms with Crippen molar-refractivity contribution >= 4 is 24.2 Å². The zero-order valence-corrected chi connectivity index (χ0v) is 15.5. The molecule has 0 aromatic rings. The van der Waals surface area contributed by atoms with Crippen molar-refractivity contribution in [2.24, 2.45) is 5.41 Å². The number of halogens is 1. The van der Waals surface area contributed by atoms with Gasteiger partial charge < -0.3 is 20.3 Å². The Balaban J connectivity index is 0.00000484. The highest BCUT2D eigenvalue weighted by Crippen LogP contribution is 2.28. The smallest absolute Gasteiger partial charge is 0.223 e. The van der Waals surface area contributed by atoms with Crippen LogP contribution in [0.15, 0.2) is 0 Å². The molecule has 0 spiro atoms. The highest BCUT2D eigenvalue weighted by atomic mass is 35.5. The molecule has 1 aliphatic heterocycles. The number of hydrogen-bond donors (Lipinski definition) is 2. The van der Waals surface area contributed by atoms with Crippen LogP contribution in [0.25, 0.3) is 0 Å². The first-order valence-electron chi connectivity index (χ1n) is 8.31. The van der Waals surface area contributed by atoms with E-state index in [0.29, 0.717) is 26.2 Å². The molecule has 1 aliphatic rings. The monoisotopic (exact) mass is 349 g/mol. The van der Waals surface area contributed by atoms with Gasteiger partial charge in [0.2, 0.25) is 11.8 Å². The molecule has 0 aromatic heterocycles. The molecule has 1 rings (SSSR count). The minimum Gasteiger partial charge on any atom is -0.384 e. The van der Waals surface area contributed by atoms with Crippen LogP contribution in [0.5, 0.6) is 0 Å². The first kappa shape index (κ1) is 22.1. The lowest BCUT2D eigenvalue weighted by Gasteiger charge is -2.37. The van der Waals surface area contributed by atoms with E-state index in [4.69, 9.17) is 4.74 Å². The second-order valence-electron chi connectivity index (χ2n) is 6.03. The molecule has 0 bridgehead atoms. The lowest BCUT2D eigenvalue weighted by molar-refractivity contribution is -0.133. The summed E-state index contributed by atoms with van der Waals surface area (Å²) < 4.78 is 5.34. The maximum absolute atomic E-state index is 12.0. The first-order chi connectivity index (χ1) is 10.6. The predicted molar refractivity (Wildman–Crippen MR) is 93.8 cm³/mol. The summed E-state index contributed by atoms with van der Waals surface area (Å²) in [5.41, 5.74) is 0.0263. The second kappa shape index (κ2) is 11.6. The minimum absolute atomic E-state index is 0. The van der Waals surface area contributed by atoms with Crippen LogP contribution in [-0.4, -0.2) is 63.2 Å². The Labute approximate surface area is 146 Å². The van der Waals surface area contributed by atoms with Crippen molar-refractivity contribution in [1.29, 1.82) is 0 Å². The number of rotatable bonds is 9. The molecule has 1 heterocycles. The molecule has 0 aliphatic carbocycles. The van der Waals surface area contributed by atoms with Crippen LogP contribution in [0, 0.1) is 5.41 Å². The Bertz CT molecular complexity index is 351. The predicted octanol–water partition coefficient (Wildman–Crippen LogP) is 1.19. The number of amides is 2. The molecule has 2 N–H and O–H groups in total. The molecule has 1 saturated heterocycles. The molecular formula is C16H32ClN3O3. The molecular weight excluding hydrogens is 318 g/mol. The molecule has 7 heteroatoms. The Morgan fingerprint density at radius 1 is 1.17 bits per heavy atom. The third kappa shape index (κ3) is 7.50. The zero-order chi connectivity index (χ0) is 16.4. The fraction of sp³-hybridized carbons (Fsp3) is 0.875. The fourth-order valence-corrected chi connectivity index (χ4v) is 2.96. The normalized spacial score (nSPS) is 16.3. The Morgan fingerprint density at radius 2 is 1.78 bits per heavy atom. The van der Waals surface area contributed by atoms with Crippen LogP contribution in [0.2, 0.25) is 0 Å². The van der Waals surface area contributed by atoms with Crippen molar-refractivity contribution in [1.82, 2.24) is 15.5 Å². The van der Waals surface area contributed by atoms with E-state index < -0.39 is 0 Å². The van der Waals surface area contributed by atoms with E-state index in [1.807, 2.05) is 13.8 Å². The van der Waals surface area contributed by atoms with E-state index in [9.17, 15) is 9.59 Å². The van der Waals surface area contributed by atoms with Crippen LogP contribution in [0.3, 0.4) is 0 Å². The van der Waals surface area contributed by atoms with Gasteiger partial charge in [0.05, 0.1) is 6.61 Å². The van der Waals surface area contributed by atoms with Crippen LogP contribution in [-0.2, 0) is 14.3 Å². The number of hydrogen-bond acceptors (Lipinski definition) is 4. The van der Waals surface area contributed by atoms with Gasteiger partial charge in [0.1, 0.15) is 0 Å². The average Bonchev–Trinajstić information content (AvgIpc) is 2.53. The largest absolute Gasteiger partial charge is 0.384 e. The van der Waals surface area contributed by atoms with Gasteiger partial charge in [0.15, 0.2) is 0 Å². The van der Waals surface area contributed by atoms with Crippen molar-refractivity contribution in [3.8, 4) is 0 Å². The average molecular weight is 350 g/mol. The van der Waals surface area contributed by atoms with Gasteiger partial charge in [-0.05, 0) is 39.8 Å². The van der Waals surface area contributed by atoms with E-state index in [0.717, 1.165) is 25.9 Å². The summed E-state index contributed by atoms with van der Waals surface area (Å²) in [6.45, 7) is 8.50. The number of ether oxygens (including phenoxy) is 1. The Morgan fingerprint density at radius 3 is 2.30 bits per heavy atom. The van der Waals surface area contributed by atoms with E-state index in [1.165, 1.54) is 0 Å². The van der Waals surface area contributed by atoms with Gasteiger partial charge in [-0.1, -0.05) is 0 Å². The van der Waals surface area contributed by atoms with E-state index in [-0.39, 0.29) is 42.5 Å². The zero-order valence-electron chi connectivity index (χ0n) is 14.7. The fourth-order valence-electron chi connectivity index (χ4n) is 2.96. The molecule has 0 atom stereocenters. The maximum Gasteiger partial charge on any atom is 0.223 e. The number of piperidine rings is 1. The second-order valence-corrected chi connectivity index (χ2v) is 6.03. The number of carbonyl (C=O) groups excluding carboxylic acids is 2. The summed E-state index contributed by atoms with van der Waals surface area (Å²) in [7, 11) is 1.70. The van der Waals surface area contributed by atoms with Crippen LogP contribution < -0.4 is 10.6 Å². The summed E-state index contributed by atoms with van der Waals surface area (Å²) in [5.74, 6) is 0.00291. The highest BCUT2D eigenvalue weighted by molar-refractivity contribution is 5.85. The third-order valence-corrected chi connectivity index (χ3v) is 4.46.